The van der Waals surface area contributed by atoms with Gasteiger partial charge in [-0.15, -0.1) is 0 Å². The van der Waals surface area contributed by atoms with Crippen LogP contribution in [-0.4, -0.2) is 18.6 Å². The van der Waals surface area contributed by atoms with E-state index < -0.39 is 0 Å². The Balaban J connectivity index is 1.60. The molecule has 2 aromatic rings. The van der Waals surface area contributed by atoms with E-state index in [0.717, 1.165) is 29.8 Å². The molecule has 0 saturated heterocycles. The number of anilines is 1. The second kappa shape index (κ2) is 7.13. The average molecular weight is 341 g/mol. The maximum absolute atomic E-state index is 13.4. The van der Waals surface area contributed by atoms with Crippen molar-refractivity contribution in [2.24, 2.45) is 10.7 Å². The average Bonchev–Trinajstić information content (AvgIpc) is 3.36. The summed E-state index contributed by atoms with van der Waals surface area (Å²) in [6.07, 6.45) is 2.16. The Bertz CT molecular complexity index is 752. The highest BCUT2D eigenvalue weighted by Gasteiger charge is 2.44. The van der Waals surface area contributed by atoms with E-state index in [-0.39, 0.29) is 17.3 Å². The van der Waals surface area contributed by atoms with E-state index in [4.69, 9.17) is 10.5 Å². The van der Waals surface area contributed by atoms with E-state index in [2.05, 4.69) is 10.3 Å². The van der Waals surface area contributed by atoms with Gasteiger partial charge in [0.25, 0.3) is 0 Å². The number of nitrogens with two attached hydrogens (primary N) is 1. The third kappa shape index (κ3) is 4.50. The summed E-state index contributed by atoms with van der Waals surface area (Å²) < 4.78 is 19.1. The number of halogens is 1. The van der Waals surface area contributed by atoms with Crippen LogP contribution in [0, 0.1) is 5.82 Å². The maximum Gasteiger partial charge on any atom is 0.193 e. The van der Waals surface area contributed by atoms with Gasteiger partial charge in [0.1, 0.15) is 11.6 Å². The van der Waals surface area contributed by atoms with Gasteiger partial charge in [-0.1, -0.05) is 12.1 Å². The van der Waals surface area contributed by atoms with E-state index in [1.54, 1.807) is 12.1 Å². The van der Waals surface area contributed by atoms with Gasteiger partial charge >= 0.3 is 0 Å². The minimum Gasteiger partial charge on any atom is -0.491 e. The molecule has 2 aromatic carbocycles. The predicted molar refractivity (Wildman–Crippen MR) is 99.6 cm³/mol. The fourth-order valence-electron chi connectivity index (χ4n) is 2.82. The Morgan fingerprint density at radius 3 is 2.56 bits per heavy atom. The second-order valence-corrected chi connectivity index (χ2v) is 6.81. The fourth-order valence-corrected chi connectivity index (χ4v) is 2.82. The van der Waals surface area contributed by atoms with Crippen molar-refractivity contribution in [1.82, 2.24) is 0 Å². The predicted octanol–water partition coefficient (Wildman–Crippen LogP) is 4.07. The molecule has 0 amide bonds. The molecular weight excluding hydrogens is 317 g/mol. The first-order valence-electron chi connectivity index (χ1n) is 8.57. The van der Waals surface area contributed by atoms with Crippen LogP contribution < -0.4 is 15.8 Å². The standard InChI is InChI=1S/C20H24FN3O/c1-14(2)25-18-8-6-17(7-9-18)24-19(22)23-13-20(10-11-20)15-4-3-5-16(21)12-15/h3-9,12,14H,10-11,13H2,1-2H3,(H3,22,23,24). The summed E-state index contributed by atoms with van der Waals surface area (Å²) in [5.41, 5.74) is 7.79. The molecule has 0 unspecified atom stereocenters. The number of benzene rings is 2. The summed E-state index contributed by atoms with van der Waals surface area (Å²) in [6.45, 7) is 4.54. The first-order valence-corrected chi connectivity index (χ1v) is 8.57. The number of ether oxygens (including phenoxy) is 1. The molecule has 1 aliphatic rings. The Hall–Kier alpha value is -2.56. The molecule has 1 aliphatic carbocycles. The second-order valence-electron chi connectivity index (χ2n) is 6.81. The Morgan fingerprint density at radius 1 is 1.24 bits per heavy atom. The van der Waals surface area contributed by atoms with Crippen molar-refractivity contribution in [3.8, 4) is 5.75 Å². The van der Waals surface area contributed by atoms with Crippen LogP contribution in [0.1, 0.15) is 32.3 Å². The van der Waals surface area contributed by atoms with Crippen molar-refractivity contribution in [1.29, 1.82) is 0 Å². The number of aliphatic imine (C=N–C) groups is 1. The monoisotopic (exact) mass is 341 g/mol. The van der Waals surface area contributed by atoms with E-state index in [1.807, 2.05) is 44.2 Å². The minimum absolute atomic E-state index is 0.0661. The zero-order valence-corrected chi connectivity index (χ0v) is 14.6. The lowest BCUT2D eigenvalue weighted by atomic mass is 9.96. The number of hydrogen-bond acceptors (Lipinski definition) is 2. The molecule has 25 heavy (non-hydrogen) atoms. The smallest absolute Gasteiger partial charge is 0.193 e. The first-order chi connectivity index (χ1) is 12.0. The van der Waals surface area contributed by atoms with E-state index >= 15 is 0 Å². The summed E-state index contributed by atoms with van der Waals surface area (Å²) in [6, 6.07) is 14.4. The Morgan fingerprint density at radius 2 is 1.96 bits per heavy atom. The van der Waals surface area contributed by atoms with Crippen LogP contribution in [0.25, 0.3) is 0 Å². The number of guanidine groups is 1. The number of rotatable bonds is 6. The van der Waals surface area contributed by atoms with Gasteiger partial charge in [0.15, 0.2) is 5.96 Å². The third-order valence-electron chi connectivity index (χ3n) is 4.34. The lowest BCUT2D eigenvalue weighted by Gasteiger charge is -2.14. The molecule has 0 aromatic heterocycles. The first kappa shape index (κ1) is 17.3. The van der Waals surface area contributed by atoms with Crippen LogP contribution in [0.4, 0.5) is 10.1 Å². The molecule has 132 valence electrons. The molecule has 3 rings (SSSR count). The highest BCUT2D eigenvalue weighted by atomic mass is 19.1. The van der Waals surface area contributed by atoms with Gasteiger partial charge in [0.2, 0.25) is 0 Å². The van der Waals surface area contributed by atoms with Crippen molar-refractivity contribution in [2.45, 2.75) is 38.2 Å². The van der Waals surface area contributed by atoms with Crippen molar-refractivity contribution in [2.75, 3.05) is 11.9 Å². The molecule has 0 aliphatic heterocycles. The molecule has 0 bridgehead atoms. The number of hydrogen-bond donors (Lipinski definition) is 2. The summed E-state index contributed by atoms with van der Waals surface area (Å²) in [5.74, 6) is 0.974. The van der Waals surface area contributed by atoms with Crippen LogP contribution in [-0.2, 0) is 5.41 Å². The normalized spacial score (nSPS) is 15.9. The molecule has 1 saturated carbocycles. The Labute approximate surface area is 147 Å². The highest BCUT2D eigenvalue weighted by Crippen LogP contribution is 2.48. The van der Waals surface area contributed by atoms with Gasteiger partial charge in [-0.05, 0) is 68.7 Å². The van der Waals surface area contributed by atoms with Crippen LogP contribution >= 0.6 is 0 Å². The van der Waals surface area contributed by atoms with Gasteiger partial charge < -0.3 is 15.8 Å². The molecule has 0 heterocycles. The van der Waals surface area contributed by atoms with Gasteiger partial charge in [-0.25, -0.2) is 4.39 Å². The molecule has 1 fully saturated rings. The molecule has 3 N–H and O–H groups in total. The topological polar surface area (TPSA) is 59.6 Å². The molecule has 0 radical (unpaired) electrons. The van der Waals surface area contributed by atoms with Crippen LogP contribution in [0.2, 0.25) is 0 Å². The largest absolute Gasteiger partial charge is 0.491 e. The molecule has 0 atom stereocenters. The molecule has 0 spiro atoms. The molecule has 4 nitrogen and oxygen atoms in total. The minimum atomic E-state index is -0.206. The quantitative estimate of drug-likeness (QED) is 0.615. The SMILES string of the molecule is CC(C)Oc1ccc(NC(N)=NCC2(c3cccc(F)c3)CC2)cc1. The number of nitrogens with one attached hydrogen (secondary N) is 1. The van der Waals surface area contributed by atoms with Crippen molar-refractivity contribution in [3.05, 3.63) is 59.9 Å². The van der Waals surface area contributed by atoms with E-state index in [9.17, 15) is 4.39 Å². The maximum atomic E-state index is 13.4. The summed E-state index contributed by atoms with van der Waals surface area (Å²) in [4.78, 5) is 4.46. The zero-order valence-electron chi connectivity index (χ0n) is 14.6. The summed E-state index contributed by atoms with van der Waals surface area (Å²) >= 11 is 0. The van der Waals surface area contributed by atoms with E-state index in [0.29, 0.717) is 12.5 Å². The molecular formula is C20H24FN3O. The highest BCUT2D eigenvalue weighted by molar-refractivity contribution is 5.92. The number of nitrogens with zero attached hydrogens (tertiary/aromatic N) is 1. The molecule has 5 heteroatoms. The zero-order chi connectivity index (χ0) is 17.9. The summed E-state index contributed by atoms with van der Waals surface area (Å²) in [5, 5.41) is 3.08. The van der Waals surface area contributed by atoms with Gasteiger partial charge in [-0.2, -0.15) is 0 Å². The van der Waals surface area contributed by atoms with Gasteiger partial charge in [0, 0.05) is 11.1 Å². The van der Waals surface area contributed by atoms with Crippen LogP contribution in [0.3, 0.4) is 0 Å². The lowest BCUT2D eigenvalue weighted by molar-refractivity contribution is 0.242. The van der Waals surface area contributed by atoms with Crippen molar-refractivity contribution < 1.29 is 9.13 Å². The Kier molecular flexibility index (Phi) is 4.93. The van der Waals surface area contributed by atoms with Gasteiger partial charge in [0.05, 0.1) is 12.6 Å². The third-order valence-corrected chi connectivity index (χ3v) is 4.34. The lowest BCUT2D eigenvalue weighted by Crippen LogP contribution is -2.25. The fraction of sp³-hybridized carbons (Fsp3) is 0.350. The van der Waals surface area contributed by atoms with Crippen molar-refractivity contribution in [3.63, 3.8) is 0 Å². The van der Waals surface area contributed by atoms with Gasteiger partial charge in [-0.3, -0.25) is 4.99 Å². The van der Waals surface area contributed by atoms with E-state index in [1.165, 1.54) is 6.07 Å². The van der Waals surface area contributed by atoms with Crippen LogP contribution in [0.5, 0.6) is 5.75 Å². The van der Waals surface area contributed by atoms with Crippen LogP contribution in [0.15, 0.2) is 53.5 Å². The summed E-state index contributed by atoms with van der Waals surface area (Å²) in [7, 11) is 0. The van der Waals surface area contributed by atoms with Crippen molar-refractivity contribution >= 4 is 11.6 Å².